The van der Waals surface area contributed by atoms with Crippen molar-refractivity contribution in [3.63, 3.8) is 0 Å². The summed E-state index contributed by atoms with van der Waals surface area (Å²) >= 11 is 7.58. The normalized spacial score (nSPS) is 23.1. The number of fused-ring (bicyclic) bond motifs is 2. The Morgan fingerprint density at radius 2 is 2.06 bits per heavy atom. The third kappa shape index (κ3) is 3.83. The number of nitrogens with zero attached hydrogens (tertiary/aromatic N) is 3. The van der Waals surface area contributed by atoms with E-state index in [9.17, 15) is 9.90 Å². The number of allylic oxidation sites excluding steroid dienone is 4. The number of aromatic hydroxyl groups is 1. The van der Waals surface area contributed by atoms with Crippen LogP contribution in [0, 0.1) is 0 Å². The molecule has 0 radical (unpaired) electrons. The predicted molar refractivity (Wildman–Crippen MR) is 137 cm³/mol. The largest absolute Gasteiger partial charge is 0.508 e. The van der Waals surface area contributed by atoms with Crippen LogP contribution in [0.5, 0.6) is 5.75 Å². The minimum absolute atomic E-state index is 0.0400. The van der Waals surface area contributed by atoms with Crippen molar-refractivity contribution in [2.75, 3.05) is 13.1 Å². The first-order chi connectivity index (χ1) is 16.4. The van der Waals surface area contributed by atoms with Crippen LogP contribution in [0.4, 0.5) is 4.39 Å². The van der Waals surface area contributed by atoms with E-state index in [1.165, 1.54) is 12.1 Å². The molecule has 1 amide bonds. The predicted octanol–water partition coefficient (Wildman–Crippen LogP) is 5.78. The molecule has 2 atom stereocenters. The van der Waals surface area contributed by atoms with E-state index in [4.69, 9.17) is 11.6 Å². The van der Waals surface area contributed by atoms with Crippen molar-refractivity contribution in [2.24, 2.45) is 4.40 Å². The smallest absolute Gasteiger partial charge is 0.246 e. The molecule has 8 heteroatoms. The Bertz CT molecular complexity index is 1320. The molecule has 174 valence electrons. The molecule has 5 rings (SSSR count). The van der Waals surface area contributed by atoms with Crippen molar-refractivity contribution in [3.05, 3.63) is 83.2 Å². The van der Waals surface area contributed by atoms with Crippen molar-refractivity contribution in [1.82, 2.24) is 9.80 Å². The molecule has 0 spiro atoms. The van der Waals surface area contributed by atoms with E-state index >= 15 is 4.39 Å². The highest BCUT2D eigenvalue weighted by Crippen LogP contribution is 2.42. The third-order valence-corrected chi connectivity index (χ3v) is 7.74. The average Bonchev–Trinajstić information content (AvgIpc) is 3.13. The Labute approximate surface area is 206 Å². The fraction of sp³-hybridized carbons (Fsp3) is 0.231. The van der Waals surface area contributed by atoms with E-state index in [1.807, 2.05) is 29.2 Å². The first kappa shape index (κ1) is 22.7. The van der Waals surface area contributed by atoms with Crippen LogP contribution >= 0.6 is 23.5 Å². The standard InChI is InChI=1S/C26H23ClFN3O2S/c1-3-24(33)30-11-10-22-23(30)14-31(22)15(2)34-29-21-9-8-20(27)25(26(21)28)19-13-17(32)12-16-6-4-5-7-18(16)19/h3-8,12-13,22-23,32H,1-2,9-11,14H2. The minimum atomic E-state index is -0.506. The van der Waals surface area contributed by atoms with Crippen LogP contribution in [0.3, 0.4) is 0 Å². The molecule has 1 aliphatic carbocycles. The summed E-state index contributed by atoms with van der Waals surface area (Å²) in [5, 5.41) is 12.8. The van der Waals surface area contributed by atoms with Crippen molar-refractivity contribution in [1.29, 1.82) is 0 Å². The van der Waals surface area contributed by atoms with Gasteiger partial charge in [0.15, 0.2) is 5.83 Å². The van der Waals surface area contributed by atoms with Crippen molar-refractivity contribution in [3.8, 4) is 5.75 Å². The second kappa shape index (κ2) is 8.96. The fourth-order valence-electron chi connectivity index (χ4n) is 4.91. The van der Waals surface area contributed by atoms with Crippen LogP contribution in [-0.2, 0) is 4.79 Å². The van der Waals surface area contributed by atoms with Gasteiger partial charge in [-0.05, 0) is 41.0 Å². The molecule has 2 unspecified atom stereocenters. The molecule has 1 N–H and O–H groups in total. The summed E-state index contributed by atoms with van der Waals surface area (Å²) in [4.78, 5) is 16.0. The van der Waals surface area contributed by atoms with Gasteiger partial charge in [0.05, 0.1) is 22.8 Å². The van der Waals surface area contributed by atoms with Gasteiger partial charge in [-0.15, -0.1) is 0 Å². The van der Waals surface area contributed by atoms with Gasteiger partial charge in [-0.1, -0.05) is 55.1 Å². The SMILES string of the molecule is C=CC(=O)N1CCC2C1CN2C(=C)SN=C1CC=C(Cl)C(c2cc(O)cc3ccccc23)=C1F. The summed E-state index contributed by atoms with van der Waals surface area (Å²) in [6.45, 7) is 9.09. The van der Waals surface area contributed by atoms with Crippen molar-refractivity contribution < 1.29 is 14.3 Å². The van der Waals surface area contributed by atoms with Gasteiger partial charge in [0.25, 0.3) is 0 Å². The van der Waals surface area contributed by atoms with Crippen LogP contribution in [0.2, 0.25) is 0 Å². The van der Waals surface area contributed by atoms with E-state index in [0.717, 1.165) is 34.2 Å². The lowest BCUT2D eigenvalue weighted by Crippen LogP contribution is -2.61. The molecule has 2 saturated heterocycles. The maximum absolute atomic E-state index is 15.7. The Morgan fingerprint density at radius 1 is 1.26 bits per heavy atom. The first-order valence-electron chi connectivity index (χ1n) is 11.0. The first-order valence-corrected chi connectivity index (χ1v) is 12.1. The molecular weight excluding hydrogens is 473 g/mol. The fourth-order valence-corrected chi connectivity index (χ4v) is 5.86. The van der Waals surface area contributed by atoms with E-state index in [1.54, 1.807) is 12.1 Å². The van der Waals surface area contributed by atoms with Gasteiger partial charge in [-0.25, -0.2) is 8.79 Å². The minimum Gasteiger partial charge on any atom is -0.508 e. The molecule has 0 aromatic heterocycles. The molecular formula is C26H23ClFN3O2S. The highest BCUT2D eigenvalue weighted by atomic mass is 35.5. The monoisotopic (exact) mass is 495 g/mol. The number of carbonyl (C=O) groups is 1. The van der Waals surface area contributed by atoms with Gasteiger partial charge in [0.1, 0.15) is 5.75 Å². The molecule has 2 aromatic carbocycles. The zero-order chi connectivity index (χ0) is 24.0. The maximum Gasteiger partial charge on any atom is 0.246 e. The highest BCUT2D eigenvalue weighted by molar-refractivity contribution is 8.01. The van der Waals surface area contributed by atoms with Gasteiger partial charge in [0, 0.05) is 42.1 Å². The zero-order valence-corrected chi connectivity index (χ0v) is 19.9. The molecule has 2 fully saturated rings. The van der Waals surface area contributed by atoms with Crippen LogP contribution in [0.15, 0.2) is 82.0 Å². The molecule has 0 saturated carbocycles. The molecule has 3 aliphatic rings. The summed E-state index contributed by atoms with van der Waals surface area (Å²) in [6, 6.07) is 11.0. The van der Waals surface area contributed by atoms with E-state index in [0.29, 0.717) is 23.7 Å². The van der Waals surface area contributed by atoms with E-state index < -0.39 is 5.83 Å². The average molecular weight is 496 g/mol. The summed E-state index contributed by atoms with van der Waals surface area (Å²) in [5.41, 5.74) is 1.02. The van der Waals surface area contributed by atoms with Crippen LogP contribution < -0.4 is 0 Å². The van der Waals surface area contributed by atoms with Crippen LogP contribution in [-0.4, -0.2) is 51.7 Å². The molecule has 2 aliphatic heterocycles. The summed E-state index contributed by atoms with van der Waals surface area (Å²) in [7, 11) is 0. The van der Waals surface area contributed by atoms with E-state index in [-0.39, 0.29) is 41.4 Å². The molecule has 2 heterocycles. The number of likely N-dealkylation sites (tertiary alicyclic amines) is 2. The number of carbonyl (C=O) groups excluding carboxylic acids is 1. The molecule has 0 bridgehead atoms. The maximum atomic E-state index is 15.7. The van der Waals surface area contributed by atoms with Gasteiger partial charge >= 0.3 is 0 Å². The van der Waals surface area contributed by atoms with E-state index in [2.05, 4.69) is 22.5 Å². The van der Waals surface area contributed by atoms with Gasteiger partial charge < -0.3 is 14.9 Å². The second-order valence-corrected chi connectivity index (χ2v) is 9.74. The van der Waals surface area contributed by atoms with Gasteiger partial charge in [0.2, 0.25) is 5.91 Å². The molecule has 5 nitrogen and oxygen atoms in total. The lowest BCUT2D eigenvalue weighted by atomic mass is 9.92. The number of hydrogen-bond donors (Lipinski definition) is 1. The second-order valence-electron chi connectivity index (χ2n) is 8.49. The Balaban J connectivity index is 1.38. The zero-order valence-electron chi connectivity index (χ0n) is 18.4. The Hall–Kier alpha value is -3.03. The number of rotatable bonds is 5. The van der Waals surface area contributed by atoms with Crippen molar-refractivity contribution >= 4 is 51.5 Å². The lowest BCUT2D eigenvalue weighted by molar-refractivity contribution is -0.129. The van der Waals surface area contributed by atoms with Crippen molar-refractivity contribution in [2.45, 2.75) is 24.9 Å². The highest BCUT2D eigenvalue weighted by Gasteiger charge is 2.48. The van der Waals surface area contributed by atoms with Crippen LogP contribution in [0.1, 0.15) is 18.4 Å². The number of amides is 1. The third-order valence-electron chi connectivity index (χ3n) is 6.64. The quantitative estimate of drug-likeness (QED) is 0.421. The van der Waals surface area contributed by atoms with Gasteiger partial charge in [-0.2, -0.15) is 0 Å². The number of halogens is 2. The summed E-state index contributed by atoms with van der Waals surface area (Å²) in [6.07, 6.45) is 4.21. The van der Waals surface area contributed by atoms with Gasteiger partial charge in [-0.3, -0.25) is 4.79 Å². The number of phenolic OH excluding ortho intramolecular Hbond substituents is 1. The Kier molecular flexibility index (Phi) is 6.00. The summed E-state index contributed by atoms with van der Waals surface area (Å²) < 4.78 is 20.1. The molecule has 2 aromatic rings. The summed E-state index contributed by atoms with van der Waals surface area (Å²) in [5.74, 6) is -0.512. The lowest BCUT2D eigenvalue weighted by Gasteiger charge is -2.48. The number of hydrogen-bond acceptors (Lipinski definition) is 5. The number of phenols is 1. The number of benzene rings is 2. The Morgan fingerprint density at radius 3 is 2.85 bits per heavy atom. The topological polar surface area (TPSA) is 56.1 Å². The van der Waals surface area contributed by atoms with Crippen LogP contribution in [0.25, 0.3) is 16.3 Å². The molecule has 34 heavy (non-hydrogen) atoms.